The summed E-state index contributed by atoms with van der Waals surface area (Å²) in [5, 5.41) is 10.7. The number of nitro groups is 1. The minimum absolute atomic E-state index is 0.103. The molecule has 0 N–H and O–H groups in total. The Morgan fingerprint density at radius 1 is 1.15 bits per heavy atom. The van der Waals surface area contributed by atoms with Crippen LogP contribution in [0.25, 0.3) is 0 Å². The number of nitro benzene ring substituents is 1. The third-order valence-electron chi connectivity index (χ3n) is 4.27. The zero-order valence-corrected chi connectivity index (χ0v) is 14.4. The van der Waals surface area contributed by atoms with Gasteiger partial charge in [0.15, 0.2) is 0 Å². The van der Waals surface area contributed by atoms with Crippen molar-refractivity contribution in [3.05, 3.63) is 57.9 Å². The predicted octanol–water partition coefficient (Wildman–Crippen LogP) is 1.49. The van der Waals surface area contributed by atoms with Crippen molar-refractivity contribution in [2.75, 3.05) is 38.2 Å². The van der Waals surface area contributed by atoms with Gasteiger partial charge >= 0.3 is 5.97 Å². The van der Waals surface area contributed by atoms with E-state index in [-0.39, 0.29) is 5.69 Å². The van der Waals surface area contributed by atoms with Crippen molar-refractivity contribution in [2.45, 2.75) is 6.54 Å². The maximum Gasteiger partial charge on any atom is 0.341 e. The van der Waals surface area contributed by atoms with Crippen molar-refractivity contribution in [1.29, 1.82) is 0 Å². The minimum atomic E-state index is -0.454. The van der Waals surface area contributed by atoms with Crippen LogP contribution in [-0.4, -0.2) is 59.0 Å². The molecule has 136 valence electrons. The molecular weight excluding hydrogens is 338 g/mol. The van der Waals surface area contributed by atoms with Crippen LogP contribution in [0.1, 0.15) is 15.9 Å². The number of hydrogen-bond acceptors (Lipinski definition) is 8. The Morgan fingerprint density at radius 3 is 2.31 bits per heavy atom. The summed E-state index contributed by atoms with van der Waals surface area (Å²) in [6, 6.07) is 6.64. The molecule has 26 heavy (non-hydrogen) atoms. The van der Waals surface area contributed by atoms with Gasteiger partial charge in [0.25, 0.3) is 5.69 Å². The van der Waals surface area contributed by atoms with E-state index in [1.807, 2.05) is 0 Å². The maximum absolute atomic E-state index is 11.4. The molecule has 9 heteroatoms. The number of non-ortho nitro benzene ring substituents is 1. The van der Waals surface area contributed by atoms with Gasteiger partial charge in [0.2, 0.25) is 5.95 Å². The lowest BCUT2D eigenvalue weighted by molar-refractivity contribution is -0.384. The van der Waals surface area contributed by atoms with Crippen LogP contribution < -0.4 is 4.90 Å². The summed E-state index contributed by atoms with van der Waals surface area (Å²) in [6.07, 6.45) is 2.94. The third kappa shape index (κ3) is 4.12. The summed E-state index contributed by atoms with van der Waals surface area (Å²) in [4.78, 5) is 34.5. The fraction of sp³-hybridized carbons (Fsp3) is 0.353. The Kier molecular flexibility index (Phi) is 5.37. The van der Waals surface area contributed by atoms with Crippen LogP contribution in [0.2, 0.25) is 0 Å². The monoisotopic (exact) mass is 357 g/mol. The molecule has 1 aromatic carbocycles. The number of esters is 1. The molecule has 0 unspecified atom stereocenters. The number of ether oxygens (including phenoxy) is 1. The van der Waals surface area contributed by atoms with Gasteiger partial charge in [-0.3, -0.25) is 15.0 Å². The first-order valence-electron chi connectivity index (χ1n) is 8.18. The number of nitrogens with zero attached hydrogens (tertiary/aromatic N) is 5. The molecule has 3 rings (SSSR count). The average Bonchev–Trinajstić information content (AvgIpc) is 2.68. The zero-order chi connectivity index (χ0) is 18.5. The van der Waals surface area contributed by atoms with Crippen molar-refractivity contribution in [3.8, 4) is 0 Å². The summed E-state index contributed by atoms with van der Waals surface area (Å²) >= 11 is 0. The first-order chi connectivity index (χ1) is 12.6. The van der Waals surface area contributed by atoms with Gasteiger partial charge in [-0.25, -0.2) is 14.8 Å². The van der Waals surface area contributed by atoms with E-state index < -0.39 is 10.9 Å². The molecule has 0 saturated carbocycles. The number of carbonyl (C=O) groups excluding carboxylic acids is 1. The third-order valence-corrected chi connectivity index (χ3v) is 4.27. The Bertz CT molecular complexity index is 771. The second-order valence-electron chi connectivity index (χ2n) is 5.95. The molecule has 9 nitrogen and oxygen atoms in total. The van der Waals surface area contributed by atoms with Crippen molar-refractivity contribution < 1.29 is 14.5 Å². The molecule has 0 amide bonds. The summed E-state index contributed by atoms with van der Waals surface area (Å²) in [7, 11) is 1.32. The van der Waals surface area contributed by atoms with Gasteiger partial charge in [-0.1, -0.05) is 12.1 Å². The molecule has 1 saturated heterocycles. The van der Waals surface area contributed by atoms with E-state index >= 15 is 0 Å². The number of aromatic nitrogens is 2. The van der Waals surface area contributed by atoms with Crippen LogP contribution in [0.15, 0.2) is 36.7 Å². The van der Waals surface area contributed by atoms with Crippen molar-refractivity contribution in [1.82, 2.24) is 14.9 Å². The number of rotatable bonds is 5. The van der Waals surface area contributed by atoms with E-state index in [4.69, 9.17) is 0 Å². The van der Waals surface area contributed by atoms with E-state index in [1.54, 1.807) is 12.1 Å². The van der Waals surface area contributed by atoms with Gasteiger partial charge in [-0.05, 0) is 5.56 Å². The zero-order valence-electron chi connectivity index (χ0n) is 14.4. The number of hydrogen-bond donors (Lipinski definition) is 0. The van der Waals surface area contributed by atoms with Gasteiger partial charge in [-0.2, -0.15) is 0 Å². The van der Waals surface area contributed by atoms with E-state index in [0.717, 1.165) is 38.3 Å². The number of benzene rings is 1. The first kappa shape index (κ1) is 17.7. The Hall–Kier alpha value is -3.07. The largest absolute Gasteiger partial charge is 0.465 e. The maximum atomic E-state index is 11.4. The van der Waals surface area contributed by atoms with Gasteiger partial charge in [0.05, 0.1) is 17.6 Å². The second kappa shape index (κ2) is 7.87. The lowest BCUT2D eigenvalue weighted by atomic mass is 10.2. The SMILES string of the molecule is COC(=O)c1cnc(N2CCN(Cc3ccc([N+](=O)[O-])cc3)CC2)nc1. The van der Waals surface area contributed by atoms with E-state index in [9.17, 15) is 14.9 Å². The Balaban J connectivity index is 1.54. The standard InChI is InChI=1S/C17H19N5O4/c1-26-16(23)14-10-18-17(19-11-14)21-8-6-20(7-9-21)12-13-2-4-15(5-3-13)22(24)25/h2-5,10-11H,6-9,12H2,1H3. The van der Waals surface area contributed by atoms with E-state index in [1.165, 1.54) is 31.6 Å². The average molecular weight is 357 g/mol. The van der Waals surface area contributed by atoms with E-state index in [2.05, 4.69) is 24.5 Å². The normalized spacial score (nSPS) is 14.9. The molecule has 2 heterocycles. The molecule has 1 aromatic heterocycles. The summed E-state index contributed by atoms with van der Waals surface area (Å²) in [6.45, 7) is 3.95. The highest BCUT2D eigenvalue weighted by Crippen LogP contribution is 2.16. The molecule has 0 aliphatic carbocycles. The lowest BCUT2D eigenvalue weighted by Gasteiger charge is -2.34. The fourth-order valence-electron chi connectivity index (χ4n) is 2.80. The number of methoxy groups -OCH3 is 1. The van der Waals surface area contributed by atoms with Crippen LogP contribution in [0.5, 0.6) is 0 Å². The molecule has 0 bridgehead atoms. The highest BCUT2D eigenvalue weighted by molar-refractivity contribution is 5.88. The highest BCUT2D eigenvalue weighted by atomic mass is 16.6. The predicted molar refractivity (Wildman–Crippen MR) is 94.0 cm³/mol. The first-order valence-corrected chi connectivity index (χ1v) is 8.18. The summed E-state index contributed by atoms with van der Waals surface area (Å²) in [5.41, 5.74) is 1.47. The fourth-order valence-corrected chi connectivity index (χ4v) is 2.80. The molecule has 0 radical (unpaired) electrons. The summed E-state index contributed by atoms with van der Waals surface area (Å²) < 4.78 is 4.64. The molecule has 1 aliphatic rings. The van der Waals surface area contributed by atoms with Gasteiger partial charge < -0.3 is 9.64 Å². The molecule has 0 spiro atoms. The smallest absolute Gasteiger partial charge is 0.341 e. The molecule has 0 atom stereocenters. The topological polar surface area (TPSA) is 102 Å². The lowest BCUT2D eigenvalue weighted by Crippen LogP contribution is -2.46. The van der Waals surface area contributed by atoms with Gasteiger partial charge in [0.1, 0.15) is 0 Å². The number of piperazine rings is 1. The molecular formula is C17H19N5O4. The number of anilines is 1. The van der Waals surface area contributed by atoms with Crippen LogP contribution >= 0.6 is 0 Å². The van der Waals surface area contributed by atoms with Crippen LogP contribution in [0, 0.1) is 10.1 Å². The molecule has 2 aromatic rings. The van der Waals surface area contributed by atoms with Crippen LogP contribution in [-0.2, 0) is 11.3 Å². The highest BCUT2D eigenvalue weighted by Gasteiger charge is 2.19. The van der Waals surface area contributed by atoms with Gasteiger partial charge in [0, 0.05) is 57.3 Å². The second-order valence-corrected chi connectivity index (χ2v) is 5.95. The summed E-state index contributed by atoms with van der Waals surface area (Å²) in [5.74, 6) is 0.136. The minimum Gasteiger partial charge on any atom is -0.465 e. The van der Waals surface area contributed by atoms with Crippen molar-refractivity contribution >= 4 is 17.6 Å². The molecule has 1 aliphatic heterocycles. The van der Waals surface area contributed by atoms with Crippen molar-refractivity contribution in [3.63, 3.8) is 0 Å². The Morgan fingerprint density at radius 2 is 1.77 bits per heavy atom. The number of carbonyl (C=O) groups is 1. The molecule has 1 fully saturated rings. The van der Waals surface area contributed by atoms with E-state index in [0.29, 0.717) is 11.5 Å². The van der Waals surface area contributed by atoms with Crippen molar-refractivity contribution in [2.24, 2.45) is 0 Å². The Labute approximate surface area is 150 Å². The van der Waals surface area contributed by atoms with Crippen LogP contribution in [0.3, 0.4) is 0 Å². The quantitative estimate of drug-likeness (QED) is 0.451. The van der Waals surface area contributed by atoms with Gasteiger partial charge in [-0.15, -0.1) is 0 Å². The van der Waals surface area contributed by atoms with Crippen LogP contribution in [0.4, 0.5) is 11.6 Å².